The summed E-state index contributed by atoms with van der Waals surface area (Å²) < 4.78 is 6.61. The number of H-pyrrole nitrogens is 1. The molecule has 2 aromatic carbocycles. The van der Waals surface area contributed by atoms with Crippen molar-refractivity contribution in [2.24, 2.45) is 0 Å². The van der Waals surface area contributed by atoms with Gasteiger partial charge in [0.15, 0.2) is 0 Å². The van der Waals surface area contributed by atoms with Crippen LogP contribution in [0.2, 0.25) is 0 Å². The second kappa shape index (κ2) is 10.6. The Morgan fingerprint density at radius 3 is 2.79 bits per heavy atom. The highest BCUT2D eigenvalue weighted by atomic mass is 79.9. The molecular formula is C26H28BrN5O2. The van der Waals surface area contributed by atoms with Crippen LogP contribution in [-0.4, -0.2) is 37.1 Å². The molecule has 0 aliphatic carbocycles. The molecule has 0 saturated heterocycles. The number of aromatic nitrogens is 2. The van der Waals surface area contributed by atoms with Crippen LogP contribution in [0, 0.1) is 0 Å². The van der Waals surface area contributed by atoms with E-state index in [9.17, 15) is 4.79 Å². The van der Waals surface area contributed by atoms with E-state index in [2.05, 4.69) is 42.2 Å². The van der Waals surface area contributed by atoms with Crippen LogP contribution in [0.3, 0.4) is 0 Å². The Bertz CT molecular complexity index is 1290. The molecule has 0 spiro atoms. The molecule has 34 heavy (non-hydrogen) atoms. The minimum Gasteiger partial charge on any atom is -0.497 e. The number of anilines is 3. The van der Waals surface area contributed by atoms with Crippen molar-refractivity contribution in [1.29, 1.82) is 0 Å². The number of halogens is 1. The lowest BCUT2D eigenvalue weighted by molar-refractivity contribution is -0.107. The molecule has 176 valence electrons. The highest BCUT2D eigenvalue weighted by Crippen LogP contribution is 2.31. The van der Waals surface area contributed by atoms with Crippen LogP contribution >= 0.6 is 15.9 Å². The van der Waals surface area contributed by atoms with E-state index < -0.39 is 0 Å². The number of hydrogen-bond donors (Lipinski definition) is 2. The molecule has 2 aromatic heterocycles. The topological polar surface area (TPSA) is 73.5 Å². The summed E-state index contributed by atoms with van der Waals surface area (Å²) in [4.78, 5) is 23.4. The van der Waals surface area contributed by atoms with E-state index in [-0.39, 0.29) is 0 Å². The standard InChI is InChI=1S/C26H28BrN5O2/c1-4-32(17-33)25-19(15-30-26-24(25)8-9-28-26)16-31(2)22-10-18(11-23(13-22)34-3)14-29-21-7-5-6-20(27)12-21/h5-13,15,17,29H,4,14,16H2,1-3H3,(H,28,30). The summed E-state index contributed by atoms with van der Waals surface area (Å²) >= 11 is 3.51. The number of carbonyl (C=O) groups excluding carboxylic acids is 1. The van der Waals surface area contributed by atoms with Gasteiger partial charge in [0.05, 0.1) is 12.8 Å². The highest BCUT2D eigenvalue weighted by molar-refractivity contribution is 9.10. The fraction of sp³-hybridized carbons (Fsp3) is 0.231. The Hall–Kier alpha value is -3.52. The fourth-order valence-electron chi connectivity index (χ4n) is 4.01. The molecule has 0 atom stereocenters. The van der Waals surface area contributed by atoms with Crippen LogP contribution < -0.4 is 19.9 Å². The lowest BCUT2D eigenvalue weighted by atomic mass is 10.1. The molecule has 0 unspecified atom stereocenters. The van der Waals surface area contributed by atoms with Crippen molar-refractivity contribution in [3.8, 4) is 5.75 Å². The Labute approximate surface area is 207 Å². The fourth-order valence-corrected chi connectivity index (χ4v) is 4.41. The maximum Gasteiger partial charge on any atom is 0.214 e. The lowest BCUT2D eigenvalue weighted by Crippen LogP contribution is -2.25. The summed E-state index contributed by atoms with van der Waals surface area (Å²) in [7, 11) is 3.71. The molecule has 4 rings (SSSR count). The zero-order valence-corrected chi connectivity index (χ0v) is 21.1. The molecule has 0 bridgehead atoms. The molecule has 0 aliphatic heterocycles. The normalized spacial score (nSPS) is 10.8. The first-order valence-corrected chi connectivity index (χ1v) is 11.9. The van der Waals surface area contributed by atoms with Gasteiger partial charge in [-0.25, -0.2) is 4.98 Å². The smallest absolute Gasteiger partial charge is 0.214 e. The minimum absolute atomic E-state index is 0.578. The number of fused-ring (bicyclic) bond motifs is 1. The third-order valence-electron chi connectivity index (χ3n) is 5.75. The molecule has 7 nitrogen and oxygen atoms in total. The summed E-state index contributed by atoms with van der Waals surface area (Å²) in [5.41, 5.74) is 5.78. The summed E-state index contributed by atoms with van der Waals surface area (Å²) in [6, 6.07) is 16.2. The van der Waals surface area contributed by atoms with E-state index in [4.69, 9.17) is 4.74 Å². The molecule has 4 aromatic rings. The van der Waals surface area contributed by atoms with Crippen molar-refractivity contribution in [2.45, 2.75) is 20.0 Å². The zero-order chi connectivity index (χ0) is 24.1. The van der Waals surface area contributed by atoms with Gasteiger partial charge in [-0.2, -0.15) is 0 Å². The second-order valence-electron chi connectivity index (χ2n) is 8.02. The summed E-state index contributed by atoms with van der Waals surface area (Å²) in [5, 5.41) is 4.40. The van der Waals surface area contributed by atoms with E-state index in [1.165, 1.54) is 0 Å². The first kappa shape index (κ1) is 23.6. The zero-order valence-electron chi connectivity index (χ0n) is 19.5. The number of methoxy groups -OCH3 is 1. The van der Waals surface area contributed by atoms with Crippen LogP contribution in [0.5, 0.6) is 5.75 Å². The molecule has 2 N–H and O–H groups in total. The Morgan fingerprint density at radius 1 is 1.21 bits per heavy atom. The van der Waals surface area contributed by atoms with Gasteiger partial charge in [0.2, 0.25) is 6.41 Å². The number of aromatic amines is 1. The van der Waals surface area contributed by atoms with Gasteiger partial charge < -0.3 is 24.8 Å². The van der Waals surface area contributed by atoms with E-state index in [1.807, 2.05) is 68.8 Å². The van der Waals surface area contributed by atoms with E-state index >= 15 is 0 Å². The predicted molar refractivity (Wildman–Crippen MR) is 142 cm³/mol. The number of pyridine rings is 1. The largest absolute Gasteiger partial charge is 0.497 e. The van der Waals surface area contributed by atoms with Gasteiger partial charge >= 0.3 is 0 Å². The summed E-state index contributed by atoms with van der Waals surface area (Å²) in [6.45, 7) is 3.79. The second-order valence-corrected chi connectivity index (χ2v) is 8.94. The van der Waals surface area contributed by atoms with Gasteiger partial charge in [-0.15, -0.1) is 0 Å². The highest BCUT2D eigenvalue weighted by Gasteiger charge is 2.17. The quantitative estimate of drug-likeness (QED) is 0.267. The van der Waals surface area contributed by atoms with Crippen LogP contribution in [-0.2, 0) is 17.9 Å². The minimum atomic E-state index is 0.578. The van der Waals surface area contributed by atoms with Crippen molar-refractivity contribution < 1.29 is 9.53 Å². The Morgan fingerprint density at radius 2 is 2.06 bits per heavy atom. The van der Waals surface area contributed by atoms with E-state index in [1.54, 1.807) is 12.0 Å². The summed E-state index contributed by atoms with van der Waals surface area (Å²) in [5.74, 6) is 0.790. The first-order valence-electron chi connectivity index (χ1n) is 11.1. The molecule has 0 saturated carbocycles. The number of hydrogen-bond acceptors (Lipinski definition) is 5. The molecule has 8 heteroatoms. The van der Waals surface area contributed by atoms with Gasteiger partial charge in [-0.1, -0.05) is 22.0 Å². The summed E-state index contributed by atoms with van der Waals surface area (Å²) in [6.07, 6.45) is 4.56. The monoisotopic (exact) mass is 521 g/mol. The number of benzene rings is 2. The van der Waals surface area contributed by atoms with Crippen molar-refractivity contribution in [3.05, 3.63) is 76.5 Å². The molecule has 0 aliphatic rings. The molecule has 0 radical (unpaired) electrons. The number of amides is 1. The number of carbonyl (C=O) groups is 1. The molecule has 1 amide bonds. The number of rotatable bonds is 10. The Balaban J connectivity index is 1.61. The molecule has 0 fully saturated rings. The van der Waals surface area contributed by atoms with Crippen LogP contribution in [0.4, 0.5) is 17.1 Å². The SMILES string of the molecule is CCN(C=O)c1c(CN(C)c2cc(CNc3cccc(Br)c3)cc(OC)c2)cnc2[nH]ccc12. The van der Waals surface area contributed by atoms with Crippen LogP contribution in [0.25, 0.3) is 11.0 Å². The molecular weight excluding hydrogens is 494 g/mol. The van der Waals surface area contributed by atoms with Gasteiger partial charge in [0, 0.05) is 71.9 Å². The maximum atomic E-state index is 11.8. The van der Waals surface area contributed by atoms with Gasteiger partial charge in [0.25, 0.3) is 0 Å². The van der Waals surface area contributed by atoms with Gasteiger partial charge in [-0.3, -0.25) is 4.79 Å². The number of nitrogens with zero attached hydrogens (tertiary/aromatic N) is 3. The third-order valence-corrected chi connectivity index (χ3v) is 6.24. The van der Waals surface area contributed by atoms with Gasteiger partial charge in [-0.05, 0) is 48.9 Å². The predicted octanol–water partition coefficient (Wildman–Crippen LogP) is 5.57. The maximum absolute atomic E-state index is 11.8. The average molecular weight is 522 g/mol. The van der Waals surface area contributed by atoms with Crippen molar-refractivity contribution in [2.75, 3.05) is 35.8 Å². The lowest BCUT2D eigenvalue weighted by Gasteiger charge is -2.25. The van der Waals surface area contributed by atoms with Crippen LogP contribution in [0.1, 0.15) is 18.1 Å². The average Bonchev–Trinajstić information content (AvgIpc) is 3.33. The Kier molecular flexibility index (Phi) is 7.37. The molecule has 2 heterocycles. The van der Waals surface area contributed by atoms with E-state index in [0.29, 0.717) is 19.6 Å². The third kappa shape index (κ3) is 5.17. The van der Waals surface area contributed by atoms with Crippen LogP contribution in [0.15, 0.2) is 65.4 Å². The van der Waals surface area contributed by atoms with E-state index in [0.717, 1.165) is 55.9 Å². The van der Waals surface area contributed by atoms with Gasteiger partial charge in [0.1, 0.15) is 11.4 Å². The number of ether oxygens (including phenoxy) is 1. The van der Waals surface area contributed by atoms with Crippen molar-refractivity contribution in [3.63, 3.8) is 0 Å². The number of nitrogens with one attached hydrogen (secondary N) is 2. The van der Waals surface area contributed by atoms with Crippen molar-refractivity contribution in [1.82, 2.24) is 9.97 Å². The van der Waals surface area contributed by atoms with Crippen molar-refractivity contribution >= 4 is 50.4 Å². The first-order chi connectivity index (χ1) is 16.5.